The number of aryl methyl sites for hydroxylation is 2. The van der Waals surface area contributed by atoms with E-state index in [0.717, 1.165) is 24.1 Å². The van der Waals surface area contributed by atoms with Gasteiger partial charge >= 0.3 is 6.03 Å². The number of anilines is 1. The van der Waals surface area contributed by atoms with Crippen molar-refractivity contribution >= 4 is 17.6 Å². The average molecular weight is 345 g/mol. The van der Waals surface area contributed by atoms with Crippen LogP contribution in [0.5, 0.6) is 0 Å². The predicted octanol–water partition coefficient (Wildman–Crippen LogP) is 2.41. The minimum Gasteiger partial charge on any atom is -0.378 e. The van der Waals surface area contributed by atoms with E-state index in [2.05, 4.69) is 11.4 Å². The molecule has 6 heteroatoms. The van der Waals surface area contributed by atoms with Crippen molar-refractivity contribution in [1.29, 1.82) is 0 Å². The van der Waals surface area contributed by atoms with E-state index >= 15 is 0 Å². The molecule has 2 aliphatic heterocycles. The summed E-state index contributed by atoms with van der Waals surface area (Å²) >= 11 is 0. The second kappa shape index (κ2) is 7.87. The maximum atomic E-state index is 12.7. The van der Waals surface area contributed by atoms with Gasteiger partial charge in [-0.2, -0.15) is 0 Å². The van der Waals surface area contributed by atoms with Crippen LogP contribution in [0.3, 0.4) is 0 Å². The molecule has 0 spiro atoms. The van der Waals surface area contributed by atoms with Gasteiger partial charge in [-0.1, -0.05) is 17.7 Å². The van der Waals surface area contributed by atoms with Crippen LogP contribution in [0.15, 0.2) is 18.2 Å². The number of piperidine rings is 1. The lowest BCUT2D eigenvalue weighted by Gasteiger charge is -2.36. The third-order valence-electron chi connectivity index (χ3n) is 5.00. The van der Waals surface area contributed by atoms with Gasteiger partial charge in [-0.15, -0.1) is 0 Å². The third-order valence-corrected chi connectivity index (χ3v) is 5.00. The van der Waals surface area contributed by atoms with Crippen LogP contribution in [0.1, 0.15) is 24.0 Å². The Morgan fingerprint density at radius 1 is 1.12 bits per heavy atom. The van der Waals surface area contributed by atoms with E-state index in [1.54, 1.807) is 4.90 Å². The molecule has 0 radical (unpaired) electrons. The molecule has 0 saturated carbocycles. The number of benzene rings is 1. The lowest BCUT2D eigenvalue weighted by molar-refractivity contribution is -0.141. The standard InChI is InChI=1S/C19H27N3O3/c1-14-5-6-17(15(2)12-14)20-19(24)22-7-3-4-16(13-22)18(23)21-8-10-25-11-9-21/h5-6,12,16H,3-4,7-11,13H2,1-2H3,(H,20,24)/t16-/m0/s1. The SMILES string of the molecule is Cc1ccc(NC(=O)N2CCC[C@H](C(=O)N3CCOCC3)C2)c(C)c1. The number of hydrogen-bond donors (Lipinski definition) is 1. The van der Waals surface area contributed by atoms with Crippen molar-refractivity contribution in [1.82, 2.24) is 9.80 Å². The molecule has 0 bridgehead atoms. The molecule has 1 N–H and O–H groups in total. The normalized spacial score (nSPS) is 21.1. The molecule has 2 saturated heterocycles. The summed E-state index contributed by atoms with van der Waals surface area (Å²) in [4.78, 5) is 28.9. The smallest absolute Gasteiger partial charge is 0.321 e. The molecule has 6 nitrogen and oxygen atoms in total. The number of ether oxygens (including phenoxy) is 1. The zero-order chi connectivity index (χ0) is 17.8. The molecular formula is C19H27N3O3. The first kappa shape index (κ1) is 17.7. The monoisotopic (exact) mass is 345 g/mol. The minimum absolute atomic E-state index is 0.100. The quantitative estimate of drug-likeness (QED) is 0.895. The summed E-state index contributed by atoms with van der Waals surface area (Å²) in [6.07, 6.45) is 1.71. The molecule has 3 amide bonds. The summed E-state index contributed by atoms with van der Waals surface area (Å²) in [5.41, 5.74) is 3.05. The number of rotatable bonds is 2. The van der Waals surface area contributed by atoms with Gasteiger partial charge in [0.05, 0.1) is 19.1 Å². The van der Waals surface area contributed by atoms with Crippen LogP contribution >= 0.6 is 0 Å². The predicted molar refractivity (Wildman–Crippen MR) is 96.6 cm³/mol. The Morgan fingerprint density at radius 3 is 2.60 bits per heavy atom. The van der Waals surface area contributed by atoms with Crippen LogP contribution in [0.25, 0.3) is 0 Å². The van der Waals surface area contributed by atoms with Gasteiger partial charge < -0.3 is 19.9 Å². The van der Waals surface area contributed by atoms with Gasteiger partial charge in [0.2, 0.25) is 5.91 Å². The fourth-order valence-electron chi connectivity index (χ4n) is 3.55. The number of nitrogens with zero attached hydrogens (tertiary/aromatic N) is 2. The highest BCUT2D eigenvalue weighted by molar-refractivity contribution is 5.91. The lowest BCUT2D eigenvalue weighted by atomic mass is 9.96. The molecule has 1 aromatic carbocycles. The van der Waals surface area contributed by atoms with Crippen molar-refractivity contribution in [3.05, 3.63) is 29.3 Å². The largest absolute Gasteiger partial charge is 0.378 e. The first-order valence-corrected chi connectivity index (χ1v) is 9.04. The molecule has 1 aromatic rings. The Morgan fingerprint density at radius 2 is 1.88 bits per heavy atom. The van der Waals surface area contributed by atoms with Gasteiger partial charge in [-0.05, 0) is 38.3 Å². The molecule has 2 fully saturated rings. The second-order valence-electron chi connectivity index (χ2n) is 6.97. The molecule has 0 aromatic heterocycles. The molecule has 136 valence electrons. The van der Waals surface area contributed by atoms with Crippen LogP contribution < -0.4 is 5.32 Å². The number of carbonyl (C=O) groups excluding carboxylic acids is 2. The second-order valence-corrected chi connectivity index (χ2v) is 6.97. The fourth-order valence-corrected chi connectivity index (χ4v) is 3.55. The third kappa shape index (κ3) is 4.31. The van der Waals surface area contributed by atoms with Crippen LogP contribution in [-0.4, -0.2) is 61.1 Å². The molecule has 1 atom stereocenters. The molecule has 3 rings (SSSR count). The van der Waals surface area contributed by atoms with E-state index in [0.29, 0.717) is 39.4 Å². The number of urea groups is 1. The summed E-state index contributed by atoms with van der Waals surface area (Å²) in [6, 6.07) is 5.86. The number of nitrogens with one attached hydrogen (secondary N) is 1. The van der Waals surface area contributed by atoms with Crippen LogP contribution in [0.2, 0.25) is 0 Å². The maximum absolute atomic E-state index is 12.7. The average Bonchev–Trinajstić information content (AvgIpc) is 2.64. The highest BCUT2D eigenvalue weighted by Crippen LogP contribution is 2.22. The molecule has 2 heterocycles. The number of carbonyl (C=O) groups is 2. The topological polar surface area (TPSA) is 61.9 Å². The number of likely N-dealkylation sites (tertiary alicyclic amines) is 1. The van der Waals surface area contributed by atoms with Gasteiger partial charge in [-0.25, -0.2) is 4.79 Å². The van der Waals surface area contributed by atoms with Crippen molar-refractivity contribution in [3.8, 4) is 0 Å². The molecule has 0 aliphatic carbocycles. The summed E-state index contributed by atoms with van der Waals surface area (Å²) in [5, 5.41) is 2.99. The van der Waals surface area contributed by atoms with Crippen LogP contribution in [-0.2, 0) is 9.53 Å². The van der Waals surface area contributed by atoms with E-state index in [1.165, 1.54) is 5.56 Å². The Bertz CT molecular complexity index is 641. The van der Waals surface area contributed by atoms with Crippen molar-refractivity contribution in [2.24, 2.45) is 5.92 Å². The first-order valence-electron chi connectivity index (χ1n) is 9.04. The van der Waals surface area contributed by atoms with Gasteiger partial charge in [0, 0.05) is 31.9 Å². The highest BCUT2D eigenvalue weighted by Gasteiger charge is 2.31. The fraction of sp³-hybridized carbons (Fsp3) is 0.579. The van der Waals surface area contributed by atoms with Gasteiger partial charge in [0.15, 0.2) is 0 Å². The van der Waals surface area contributed by atoms with Crippen molar-refractivity contribution in [2.75, 3.05) is 44.7 Å². The zero-order valence-electron chi connectivity index (χ0n) is 15.1. The van der Waals surface area contributed by atoms with E-state index < -0.39 is 0 Å². The maximum Gasteiger partial charge on any atom is 0.321 e. The van der Waals surface area contributed by atoms with E-state index in [1.807, 2.05) is 30.9 Å². The number of morpholine rings is 1. The van der Waals surface area contributed by atoms with Crippen LogP contribution in [0, 0.1) is 19.8 Å². The highest BCUT2D eigenvalue weighted by atomic mass is 16.5. The van der Waals surface area contributed by atoms with Crippen LogP contribution in [0.4, 0.5) is 10.5 Å². The van der Waals surface area contributed by atoms with E-state index in [-0.39, 0.29) is 17.9 Å². The Kier molecular flexibility index (Phi) is 5.58. The zero-order valence-corrected chi connectivity index (χ0v) is 15.1. The van der Waals surface area contributed by atoms with Crippen molar-refractivity contribution in [3.63, 3.8) is 0 Å². The summed E-state index contributed by atoms with van der Waals surface area (Å²) in [7, 11) is 0. The minimum atomic E-state index is -0.119. The molecule has 25 heavy (non-hydrogen) atoms. The number of hydrogen-bond acceptors (Lipinski definition) is 3. The summed E-state index contributed by atoms with van der Waals surface area (Å²) in [5.74, 6) is 0.0593. The summed E-state index contributed by atoms with van der Waals surface area (Å²) < 4.78 is 5.31. The Balaban J connectivity index is 1.60. The Hall–Kier alpha value is -2.08. The van der Waals surface area contributed by atoms with Crippen molar-refractivity contribution in [2.45, 2.75) is 26.7 Å². The van der Waals surface area contributed by atoms with Gasteiger partial charge in [0.25, 0.3) is 0 Å². The van der Waals surface area contributed by atoms with Gasteiger partial charge in [0.1, 0.15) is 0 Å². The van der Waals surface area contributed by atoms with Gasteiger partial charge in [-0.3, -0.25) is 4.79 Å². The van der Waals surface area contributed by atoms with E-state index in [4.69, 9.17) is 4.74 Å². The number of amides is 3. The molecule has 0 unspecified atom stereocenters. The Labute approximate surface area is 149 Å². The van der Waals surface area contributed by atoms with Crippen molar-refractivity contribution < 1.29 is 14.3 Å². The lowest BCUT2D eigenvalue weighted by Crippen LogP contribution is -2.50. The van der Waals surface area contributed by atoms with E-state index in [9.17, 15) is 9.59 Å². The molecular weight excluding hydrogens is 318 g/mol. The molecule has 2 aliphatic rings. The first-order chi connectivity index (χ1) is 12.0. The summed E-state index contributed by atoms with van der Waals surface area (Å²) in [6.45, 7) is 7.74.